The molecule has 2 heterocycles. The van der Waals surface area contributed by atoms with E-state index in [2.05, 4.69) is 15.6 Å². The van der Waals surface area contributed by atoms with Crippen LogP contribution >= 0.6 is 11.3 Å². The van der Waals surface area contributed by atoms with Crippen LogP contribution in [0.4, 0.5) is 16.5 Å². The number of thiazole rings is 1. The number of carbonyl (C=O) groups is 1. The van der Waals surface area contributed by atoms with Crippen molar-refractivity contribution in [2.24, 2.45) is 0 Å². The zero-order chi connectivity index (χ0) is 18.6. The summed E-state index contributed by atoms with van der Waals surface area (Å²) in [6.07, 6.45) is 0.461. The van der Waals surface area contributed by atoms with Crippen LogP contribution in [0.25, 0.3) is 11.3 Å². The van der Waals surface area contributed by atoms with Gasteiger partial charge < -0.3 is 20.1 Å². The minimum absolute atomic E-state index is 0.00215. The molecule has 2 aromatic carbocycles. The van der Waals surface area contributed by atoms with Gasteiger partial charge in [0.1, 0.15) is 13.2 Å². The number of rotatable bonds is 5. The van der Waals surface area contributed by atoms with Crippen molar-refractivity contribution >= 4 is 33.8 Å². The molecule has 0 saturated carbocycles. The van der Waals surface area contributed by atoms with Gasteiger partial charge in [0, 0.05) is 34.8 Å². The molecule has 4 rings (SSSR count). The molecule has 0 atom stereocenters. The van der Waals surface area contributed by atoms with Crippen LogP contribution in [0.5, 0.6) is 11.5 Å². The smallest absolute Gasteiger partial charge is 0.224 e. The van der Waals surface area contributed by atoms with Gasteiger partial charge >= 0.3 is 0 Å². The van der Waals surface area contributed by atoms with Crippen LogP contribution in [0, 0.1) is 0 Å². The van der Waals surface area contributed by atoms with Gasteiger partial charge in [0.05, 0.1) is 5.69 Å². The van der Waals surface area contributed by atoms with Crippen LogP contribution in [-0.4, -0.2) is 24.1 Å². The lowest BCUT2D eigenvalue weighted by Gasteiger charge is -2.18. The number of benzene rings is 2. The Morgan fingerprint density at radius 3 is 2.59 bits per heavy atom. The maximum Gasteiger partial charge on any atom is 0.224 e. The van der Waals surface area contributed by atoms with Crippen molar-refractivity contribution in [3.05, 3.63) is 47.8 Å². The number of aromatic nitrogens is 1. The number of nitrogens with zero attached hydrogens (tertiary/aromatic N) is 1. The first-order chi connectivity index (χ1) is 13.2. The molecule has 0 unspecified atom stereocenters. The molecule has 7 heteroatoms. The third kappa shape index (κ3) is 4.03. The summed E-state index contributed by atoms with van der Waals surface area (Å²) < 4.78 is 11.2. The van der Waals surface area contributed by atoms with Gasteiger partial charge in [0.2, 0.25) is 5.91 Å². The molecule has 1 aliphatic rings. The number of hydrogen-bond donors (Lipinski definition) is 2. The molecular formula is C20H19N3O3S. The molecule has 0 spiro atoms. The number of nitrogens with one attached hydrogen (secondary N) is 2. The standard InChI is InChI=1S/C20H19N3O3S/c1-2-19(24)21-14-5-3-13(4-6-14)16-12-27-20(23-16)22-15-7-8-17-18(11-15)26-10-9-25-17/h3-8,11-12H,2,9-10H2,1H3,(H,21,24)(H,22,23). The Morgan fingerprint density at radius 1 is 1.07 bits per heavy atom. The predicted molar refractivity (Wildman–Crippen MR) is 107 cm³/mol. The van der Waals surface area contributed by atoms with Gasteiger partial charge in [-0.15, -0.1) is 11.3 Å². The number of carbonyl (C=O) groups excluding carboxylic acids is 1. The summed E-state index contributed by atoms with van der Waals surface area (Å²) in [5, 5.41) is 8.94. The molecule has 0 fully saturated rings. The highest BCUT2D eigenvalue weighted by Gasteiger charge is 2.12. The first-order valence-electron chi connectivity index (χ1n) is 8.74. The maximum atomic E-state index is 11.5. The molecule has 138 valence electrons. The van der Waals surface area contributed by atoms with Gasteiger partial charge in [-0.25, -0.2) is 4.98 Å². The lowest BCUT2D eigenvalue weighted by atomic mass is 10.1. The van der Waals surface area contributed by atoms with E-state index in [1.807, 2.05) is 54.8 Å². The molecule has 2 N–H and O–H groups in total. The van der Waals surface area contributed by atoms with Crippen LogP contribution in [0.15, 0.2) is 47.8 Å². The molecule has 0 radical (unpaired) electrons. The van der Waals surface area contributed by atoms with E-state index in [9.17, 15) is 4.79 Å². The molecule has 1 amide bonds. The summed E-state index contributed by atoms with van der Waals surface area (Å²) in [4.78, 5) is 16.1. The zero-order valence-electron chi connectivity index (χ0n) is 14.8. The Hall–Kier alpha value is -3.06. The second-order valence-electron chi connectivity index (χ2n) is 6.00. The van der Waals surface area contributed by atoms with Crippen molar-refractivity contribution in [1.82, 2.24) is 4.98 Å². The summed E-state index contributed by atoms with van der Waals surface area (Å²) in [5.74, 6) is 1.51. The SMILES string of the molecule is CCC(=O)Nc1ccc(-c2csc(Nc3ccc4c(c3)OCCO4)n2)cc1. The summed E-state index contributed by atoms with van der Waals surface area (Å²) in [6.45, 7) is 2.97. The van der Waals surface area contributed by atoms with E-state index < -0.39 is 0 Å². The topological polar surface area (TPSA) is 72.5 Å². The average Bonchev–Trinajstić information content (AvgIpc) is 3.17. The van der Waals surface area contributed by atoms with Crippen LogP contribution in [0.3, 0.4) is 0 Å². The maximum absolute atomic E-state index is 11.5. The van der Waals surface area contributed by atoms with Gasteiger partial charge in [-0.2, -0.15) is 0 Å². The van der Waals surface area contributed by atoms with Crippen molar-refractivity contribution in [3.8, 4) is 22.8 Å². The minimum Gasteiger partial charge on any atom is -0.486 e. The Labute approximate surface area is 161 Å². The van der Waals surface area contributed by atoms with E-state index in [4.69, 9.17) is 9.47 Å². The average molecular weight is 381 g/mol. The second-order valence-corrected chi connectivity index (χ2v) is 6.86. The van der Waals surface area contributed by atoms with Gasteiger partial charge in [0.25, 0.3) is 0 Å². The highest BCUT2D eigenvalue weighted by Crippen LogP contribution is 2.34. The van der Waals surface area contributed by atoms with Crippen LogP contribution in [-0.2, 0) is 4.79 Å². The second kappa shape index (κ2) is 7.67. The Balaban J connectivity index is 1.46. The molecule has 0 bridgehead atoms. The van der Waals surface area contributed by atoms with E-state index in [0.29, 0.717) is 19.6 Å². The fourth-order valence-electron chi connectivity index (χ4n) is 2.68. The van der Waals surface area contributed by atoms with Gasteiger partial charge in [-0.1, -0.05) is 19.1 Å². The van der Waals surface area contributed by atoms with Gasteiger partial charge in [-0.05, 0) is 24.3 Å². The van der Waals surface area contributed by atoms with Crippen molar-refractivity contribution < 1.29 is 14.3 Å². The highest BCUT2D eigenvalue weighted by atomic mass is 32.1. The Kier molecular flexibility index (Phi) is 4.93. The monoisotopic (exact) mass is 381 g/mol. The lowest BCUT2D eigenvalue weighted by molar-refractivity contribution is -0.115. The molecule has 1 aliphatic heterocycles. The van der Waals surface area contributed by atoms with E-state index in [-0.39, 0.29) is 5.91 Å². The Morgan fingerprint density at radius 2 is 1.81 bits per heavy atom. The van der Waals surface area contributed by atoms with Gasteiger partial charge in [-0.3, -0.25) is 4.79 Å². The third-order valence-electron chi connectivity index (χ3n) is 4.08. The van der Waals surface area contributed by atoms with Gasteiger partial charge in [0.15, 0.2) is 16.6 Å². The minimum atomic E-state index is 0.00215. The number of anilines is 3. The fourth-order valence-corrected chi connectivity index (χ4v) is 3.42. The van der Waals surface area contributed by atoms with E-state index in [0.717, 1.165) is 39.3 Å². The van der Waals surface area contributed by atoms with Crippen LogP contribution in [0.1, 0.15) is 13.3 Å². The largest absolute Gasteiger partial charge is 0.486 e. The summed E-state index contributed by atoms with van der Waals surface area (Å²) in [5.41, 5.74) is 3.57. The van der Waals surface area contributed by atoms with Crippen LogP contribution < -0.4 is 20.1 Å². The summed E-state index contributed by atoms with van der Waals surface area (Å²) in [7, 11) is 0. The first-order valence-corrected chi connectivity index (χ1v) is 9.62. The molecule has 0 saturated heterocycles. The number of fused-ring (bicyclic) bond motifs is 1. The van der Waals surface area contributed by atoms with E-state index >= 15 is 0 Å². The fraction of sp³-hybridized carbons (Fsp3) is 0.200. The van der Waals surface area contributed by atoms with Crippen molar-refractivity contribution in [2.75, 3.05) is 23.8 Å². The number of ether oxygens (including phenoxy) is 2. The van der Waals surface area contributed by atoms with E-state index in [1.54, 1.807) is 0 Å². The quantitative estimate of drug-likeness (QED) is 0.672. The first kappa shape index (κ1) is 17.4. The van der Waals surface area contributed by atoms with Crippen molar-refractivity contribution in [3.63, 3.8) is 0 Å². The number of amides is 1. The molecule has 27 heavy (non-hydrogen) atoms. The number of hydrogen-bond acceptors (Lipinski definition) is 6. The van der Waals surface area contributed by atoms with Crippen molar-refractivity contribution in [2.45, 2.75) is 13.3 Å². The zero-order valence-corrected chi connectivity index (χ0v) is 15.6. The molecule has 6 nitrogen and oxygen atoms in total. The van der Waals surface area contributed by atoms with Crippen LogP contribution in [0.2, 0.25) is 0 Å². The molecule has 0 aliphatic carbocycles. The van der Waals surface area contributed by atoms with E-state index in [1.165, 1.54) is 11.3 Å². The summed E-state index contributed by atoms with van der Waals surface area (Å²) in [6, 6.07) is 13.4. The molecule has 3 aromatic rings. The lowest BCUT2D eigenvalue weighted by Crippen LogP contribution is -2.15. The molecular weight excluding hydrogens is 362 g/mol. The predicted octanol–water partition coefficient (Wildman–Crippen LogP) is 4.67. The Bertz CT molecular complexity index is 953. The molecule has 1 aromatic heterocycles. The third-order valence-corrected chi connectivity index (χ3v) is 4.84. The van der Waals surface area contributed by atoms with Crippen molar-refractivity contribution in [1.29, 1.82) is 0 Å². The highest BCUT2D eigenvalue weighted by molar-refractivity contribution is 7.14. The normalized spacial score (nSPS) is 12.5. The summed E-state index contributed by atoms with van der Waals surface area (Å²) >= 11 is 1.53.